The highest BCUT2D eigenvalue weighted by molar-refractivity contribution is 5.95. The number of amides is 1. The Morgan fingerprint density at radius 2 is 2.00 bits per heavy atom. The molecule has 1 aromatic carbocycles. The minimum Gasteiger partial charge on any atom is -0.364 e. The highest BCUT2D eigenvalue weighted by Crippen LogP contribution is 2.40. The zero-order valence-electron chi connectivity index (χ0n) is 14.7. The molecule has 0 radical (unpaired) electrons. The van der Waals surface area contributed by atoms with Gasteiger partial charge in [0.2, 0.25) is 0 Å². The molecule has 4 rings (SSSR count). The number of hydrogen-bond acceptors (Lipinski definition) is 4. The molecule has 1 saturated heterocycles. The Balaban J connectivity index is 1.47. The molecular weight excluding hydrogens is 314 g/mol. The molecule has 25 heavy (non-hydrogen) atoms. The van der Waals surface area contributed by atoms with E-state index in [0.717, 1.165) is 31.6 Å². The van der Waals surface area contributed by atoms with Gasteiger partial charge >= 0.3 is 0 Å². The summed E-state index contributed by atoms with van der Waals surface area (Å²) in [6.07, 6.45) is 6.15. The van der Waals surface area contributed by atoms with Crippen molar-refractivity contribution in [2.24, 2.45) is 0 Å². The zero-order chi connectivity index (χ0) is 17.2. The summed E-state index contributed by atoms with van der Waals surface area (Å²) in [5.74, 6) is 0.338. The van der Waals surface area contributed by atoms with Crippen LogP contribution >= 0.6 is 0 Å². The fraction of sp³-hybridized carbons (Fsp3) is 0.500. The second-order valence-electron chi connectivity index (χ2n) is 7.27. The average molecular weight is 339 g/mol. The molecule has 1 N–H and O–H groups in total. The summed E-state index contributed by atoms with van der Waals surface area (Å²) >= 11 is 0. The van der Waals surface area contributed by atoms with Crippen LogP contribution in [0.2, 0.25) is 0 Å². The molecule has 2 aromatic rings. The third kappa shape index (κ3) is 3.61. The van der Waals surface area contributed by atoms with Crippen molar-refractivity contribution in [2.75, 3.05) is 19.6 Å². The van der Waals surface area contributed by atoms with Crippen molar-refractivity contribution in [1.29, 1.82) is 0 Å². The molecule has 2 heterocycles. The van der Waals surface area contributed by atoms with Crippen molar-refractivity contribution >= 4 is 5.91 Å². The molecule has 132 valence electrons. The maximum atomic E-state index is 12.6. The average Bonchev–Trinajstić information content (AvgIpc) is 3.12. The van der Waals surface area contributed by atoms with Gasteiger partial charge in [-0.05, 0) is 51.3 Å². The number of rotatable bonds is 6. The van der Waals surface area contributed by atoms with Crippen LogP contribution in [0.5, 0.6) is 0 Å². The van der Waals surface area contributed by atoms with E-state index in [4.69, 9.17) is 4.52 Å². The number of hydrogen-bond donors (Lipinski definition) is 1. The van der Waals surface area contributed by atoms with Crippen LogP contribution in [0, 0.1) is 6.92 Å². The maximum Gasteiger partial charge on any atom is 0.256 e. The van der Waals surface area contributed by atoms with Crippen LogP contribution in [-0.4, -0.2) is 35.6 Å². The number of carbonyl (C=O) groups excluding carboxylic acids is 1. The first-order valence-electron chi connectivity index (χ1n) is 9.25. The van der Waals surface area contributed by atoms with Gasteiger partial charge in [-0.25, -0.2) is 0 Å². The summed E-state index contributed by atoms with van der Waals surface area (Å²) in [5, 5.41) is 7.14. The Kier molecular flexibility index (Phi) is 4.57. The zero-order valence-corrected chi connectivity index (χ0v) is 14.7. The Hall–Kier alpha value is -2.14. The standard InChI is InChI=1S/C20H25N3O2/c1-14-4-6-15(7-5-14)18(23-10-2-3-11-23)12-21-20(24)17-13-25-22-19(17)16-8-9-16/h4-7,13,16,18H,2-3,8-12H2,1H3,(H,21,24)/t18-/m0/s1. The lowest BCUT2D eigenvalue weighted by Crippen LogP contribution is -2.37. The van der Waals surface area contributed by atoms with Gasteiger partial charge in [-0.2, -0.15) is 0 Å². The normalized spacial score (nSPS) is 19.1. The van der Waals surface area contributed by atoms with Crippen molar-refractivity contribution in [1.82, 2.24) is 15.4 Å². The minimum atomic E-state index is -0.0699. The lowest BCUT2D eigenvalue weighted by Gasteiger charge is -2.28. The van der Waals surface area contributed by atoms with Gasteiger partial charge in [0, 0.05) is 12.5 Å². The number of aromatic nitrogens is 1. The van der Waals surface area contributed by atoms with E-state index in [2.05, 4.69) is 46.6 Å². The van der Waals surface area contributed by atoms with Crippen molar-refractivity contribution in [3.05, 3.63) is 52.9 Å². The largest absolute Gasteiger partial charge is 0.364 e. The molecule has 2 aliphatic rings. The Morgan fingerprint density at radius 3 is 2.68 bits per heavy atom. The van der Waals surface area contributed by atoms with Crippen LogP contribution in [0.25, 0.3) is 0 Å². The van der Waals surface area contributed by atoms with Gasteiger partial charge in [0.25, 0.3) is 5.91 Å². The van der Waals surface area contributed by atoms with E-state index in [-0.39, 0.29) is 11.9 Å². The smallest absolute Gasteiger partial charge is 0.256 e. The fourth-order valence-corrected chi connectivity index (χ4v) is 3.65. The lowest BCUT2D eigenvalue weighted by atomic mass is 10.0. The molecule has 2 fully saturated rings. The number of aryl methyl sites for hydroxylation is 1. The molecule has 1 aliphatic carbocycles. The second-order valence-corrected chi connectivity index (χ2v) is 7.27. The van der Waals surface area contributed by atoms with Gasteiger partial charge in [0.15, 0.2) is 0 Å². The summed E-state index contributed by atoms with van der Waals surface area (Å²) in [6.45, 7) is 4.89. The molecule has 1 atom stereocenters. The molecular formula is C20H25N3O2. The van der Waals surface area contributed by atoms with E-state index in [1.807, 2.05) is 0 Å². The summed E-state index contributed by atoms with van der Waals surface area (Å²) in [7, 11) is 0. The van der Waals surface area contributed by atoms with E-state index >= 15 is 0 Å². The van der Waals surface area contributed by atoms with E-state index in [0.29, 0.717) is 18.0 Å². The van der Waals surface area contributed by atoms with Crippen molar-refractivity contribution in [3.63, 3.8) is 0 Å². The van der Waals surface area contributed by atoms with E-state index < -0.39 is 0 Å². The molecule has 0 spiro atoms. The Bertz CT molecular complexity index is 728. The molecule has 1 aliphatic heterocycles. The van der Waals surface area contributed by atoms with Crippen LogP contribution < -0.4 is 5.32 Å². The number of nitrogens with zero attached hydrogens (tertiary/aromatic N) is 2. The SMILES string of the molecule is Cc1ccc([C@H](CNC(=O)c2conc2C2CC2)N2CCCC2)cc1. The quantitative estimate of drug-likeness (QED) is 0.876. The molecule has 1 aromatic heterocycles. The number of nitrogens with one attached hydrogen (secondary N) is 1. The summed E-state index contributed by atoms with van der Waals surface area (Å²) in [5.41, 5.74) is 3.95. The summed E-state index contributed by atoms with van der Waals surface area (Å²) in [6, 6.07) is 8.87. The molecule has 5 heteroatoms. The molecule has 0 bridgehead atoms. The van der Waals surface area contributed by atoms with Gasteiger partial charge in [-0.3, -0.25) is 9.69 Å². The first kappa shape index (κ1) is 16.3. The first-order valence-corrected chi connectivity index (χ1v) is 9.25. The monoisotopic (exact) mass is 339 g/mol. The Labute approximate surface area is 148 Å². The van der Waals surface area contributed by atoms with Crippen LogP contribution in [-0.2, 0) is 0 Å². The van der Waals surface area contributed by atoms with Gasteiger partial charge in [-0.15, -0.1) is 0 Å². The van der Waals surface area contributed by atoms with Crippen molar-refractivity contribution in [2.45, 2.75) is 44.6 Å². The van der Waals surface area contributed by atoms with Gasteiger partial charge in [0.05, 0.1) is 11.7 Å². The highest BCUT2D eigenvalue weighted by Gasteiger charge is 2.32. The molecule has 5 nitrogen and oxygen atoms in total. The topological polar surface area (TPSA) is 58.4 Å². The van der Waals surface area contributed by atoms with Crippen LogP contribution in [0.3, 0.4) is 0 Å². The molecule has 1 saturated carbocycles. The van der Waals surface area contributed by atoms with Crippen LogP contribution in [0.4, 0.5) is 0 Å². The second kappa shape index (κ2) is 7.00. The fourth-order valence-electron chi connectivity index (χ4n) is 3.65. The predicted molar refractivity (Wildman–Crippen MR) is 95.5 cm³/mol. The van der Waals surface area contributed by atoms with Gasteiger partial charge in [0.1, 0.15) is 11.8 Å². The maximum absolute atomic E-state index is 12.6. The molecule has 0 unspecified atom stereocenters. The van der Waals surface area contributed by atoms with Crippen LogP contribution in [0.1, 0.15) is 64.8 Å². The lowest BCUT2D eigenvalue weighted by molar-refractivity contribution is 0.0936. The number of carbonyl (C=O) groups is 1. The first-order chi connectivity index (χ1) is 12.2. The van der Waals surface area contributed by atoms with Crippen LogP contribution in [0.15, 0.2) is 35.1 Å². The predicted octanol–water partition coefficient (Wildman–Crippen LogP) is 3.43. The number of benzene rings is 1. The molecule has 1 amide bonds. The van der Waals surface area contributed by atoms with Crippen molar-refractivity contribution < 1.29 is 9.32 Å². The number of likely N-dealkylation sites (tertiary alicyclic amines) is 1. The summed E-state index contributed by atoms with van der Waals surface area (Å²) in [4.78, 5) is 15.1. The van der Waals surface area contributed by atoms with Gasteiger partial charge in [-0.1, -0.05) is 35.0 Å². The van der Waals surface area contributed by atoms with E-state index in [9.17, 15) is 4.79 Å². The van der Waals surface area contributed by atoms with E-state index in [1.165, 1.54) is 30.2 Å². The third-order valence-electron chi connectivity index (χ3n) is 5.31. The van der Waals surface area contributed by atoms with Gasteiger partial charge < -0.3 is 9.84 Å². The Morgan fingerprint density at radius 1 is 1.28 bits per heavy atom. The van der Waals surface area contributed by atoms with Crippen molar-refractivity contribution in [3.8, 4) is 0 Å². The minimum absolute atomic E-state index is 0.0699. The summed E-state index contributed by atoms with van der Waals surface area (Å²) < 4.78 is 5.05. The third-order valence-corrected chi connectivity index (χ3v) is 5.31. The highest BCUT2D eigenvalue weighted by atomic mass is 16.5. The van der Waals surface area contributed by atoms with E-state index in [1.54, 1.807) is 0 Å².